The van der Waals surface area contributed by atoms with E-state index in [0.717, 1.165) is 11.3 Å². The van der Waals surface area contributed by atoms with Crippen molar-refractivity contribution in [1.29, 1.82) is 0 Å². The minimum atomic E-state index is -0.705. The largest absolute Gasteiger partial charge is 0.493 e. The van der Waals surface area contributed by atoms with Crippen molar-refractivity contribution >= 4 is 5.96 Å². The van der Waals surface area contributed by atoms with Crippen LogP contribution in [0.25, 0.3) is 0 Å². The van der Waals surface area contributed by atoms with Crippen LogP contribution in [-0.4, -0.2) is 56.6 Å². The Morgan fingerprint density at radius 1 is 1.10 bits per heavy atom. The van der Waals surface area contributed by atoms with Gasteiger partial charge in [0.1, 0.15) is 24.6 Å². The molecule has 0 spiro atoms. The van der Waals surface area contributed by atoms with Gasteiger partial charge in [-0.25, -0.2) is 0 Å². The van der Waals surface area contributed by atoms with Gasteiger partial charge in [-0.1, -0.05) is 24.3 Å². The Balaban J connectivity index is 1.81. The summed E-state index contributed by atoms with van der Waals surface area (Å²) >= 11 is 0. The maximum atomic E-state index is 10.2. The quantitative estimate of drug-likeness (QED) is 0.387. The highest BCUT2D eigenvalue weighted by molar-refractivity contribution is 5.79. The highest BCUT2D eigenvalue weighted by atomic mass is 16.5. The SMILES string of the molecule is CCNC(=NCC(O)COc1cccc(C)c1)NCC(C)Oc1ccccc1OC. The molecule has 2 rings (SSSR count). The lowest BCUT2D eigenvalue weighted by Crippen LogP contribution is -2.42. The topological polar surface area (TPSA) is 84.3 Å². The third-order valence-corrected chi connectivity index (χ3v) is 4.19. The molecule has 0 aliphatic heterocycles. The molecule has 2 aromatic carbocycles. The lowest BCUT2D eigenvalue weighted by Gasteiger charge is -2.19. The van der Waals surface area contributed by atoms with E-state index in [4.69, 9.17) is 14.2 Å². The van der Waals surface area contributed by atoms with Gasteiger partial charge in [0.15, 0.2) is 17.5 Å². The molecule has 0 bridgehead atoms. The number of hydrogen-bond acceptors (Lipinski definition) is 5. The van der Waals surface area contributed by atoms with Gasteiger partial charge in [-0.2, -0.15) is 0 Å². The molecule has 0 aliphatic rings. The molecule has 0 aliphatic carbocycles. The second-order valence-electron chi connectivity index (χ2n) is 6.96. The Kier molecular flexibility index (Phi) is 9.80. The summed E-state index contributed by atoms with van der Waals surface area (Å²) in [7, 11) is 1.62. The summed E-state index contributed by atoms with van der Waals surface area (Å²) in [6, 6.07) is 15.3. The maximum absolute atomic E-state index is 10.2. The lowest BCUT2D eigenvalue weighted by atomic mass is 10.2. The predicted molar refractivity (Wildman–Crippen MR) is 120 cm³/mol. The van der Waals surface area contributed by atoms with Gasteiger partial charge >= 0.3 is 0 Å². The van der Waals surface area contributed by atoms with Crippen LogP contribution in [0.4, 0.5) is 0 Å². The van der Waals surface area contributed by atoms with E-state index in [-0.39, 0.29) is 19.3 Å². The summed E-state index contributed by atoms with van der Waals surface area (Å²) in [5.74, 6) is 2.74. The highest BCUT2D eigenvalue weighted by Gasteiger charge is 2.10. The zero-order chi connectivity index (χ0) is 21.8. The zero-order valence-corrected chi connectivity index (χ0v) is 18.2. The molecule has 0 saturated heterocycles. The smallest absolute Gasteiger partial charge is 0.191 e. The number of aliphatic hydroxyl groups excluding tert-OH is 1. The van der Waals surface area contributed by atoms with Crippen LogP contribution in [-0.2, 0) is 0 Å². The van der Waals surface area contributed by atoms with E-state index in [1.807, 2.05) is 69.3 Å². The molecule has 2 unspecified atom stereocenters. The first kappa shape index (κ1) is 23.3. The van der Waals surface area contributed by atoms with Crippen LogP contribution in [0.3, 0.4) is 0 Å². The van der Waals surface area contributed by atoms with Crippen molar-refractivity contribution in [2.75, 3.05) is 33.4 Å². The summed E-state index contributed by atoms with van der Waals surface area (Å²) in [5.41, 5.74) is 1.11. The van der Waals surface area contributed by atoms with Crippen molar-refractivity contribution in [1.82, 2.24) is 10.6 Å². The first-order valence-corrected chi connectivity index (χ1v) is 10.2. The number of rotatable bonds is 11. The monoisotopic (exact) mass is 415 g/mol. The van der Waals surface area contributed by atoms with Gasteiger partial charge in [-0.05, 0) is 50.6 Å². The predicted octanol–water partition coefficient (Wildman–Crippen LogP) is 2.77. The van der Waals surface area contributed by atoms with Crippen LogP contribution in [0, 0.1) is 6.92 Å². The second-order valence-corrected chi connectivity index (χ2v) is 6.96. The molecule has 0 aromatic heterocycles. The fraction of sp³-hybridized carbons (Fsp3) is 0.435. The average molecular weight is 416 g/mol. The lowest BCUT2D eigenvalue weighted by molar-refractivity contribution is 0.114. The molecular formula is C23H33N3O4. The Bertz CT molecular complexity index is 798. The van der Waals surface area contributed by atoms with Crippen LogP contribution in [0.2, 0.25) is 0 Å². The molecular weight excluding hydrogens is 382 g/mol. The van der Waals surface area contributed by atoms with Crippen molar-refractivity contribution in [3.63, 3.8) is 0 Å². The number of aryl methyl sites for hydroxylation is 1. The van der Waals surface area contributed by atoms with Crippen LogP contribution >= 0.6 is 0 Å². The number of benzene rings is 2. The average Bonchev–Trinajstić information content (AvgIpc) is 2.74. The summed E-state index contributed by atoms with van der Waals surface area (Å²) in [6.07, 6.45) is -0.817. The molecule has 7 nitrogen and oxygen atoms in total. The molecule has 0 amide bonds. The van der Waals surface area contributed by atoms with Crippen LogP contribution < -0.4 is 24.8 Å². The number of methoxy groups -OCH3 is 1. The Morgan fingerprint density at radius 3 is 2.57 bits per heavy atom. The molecule has 30 heavy (non-hydrogen) atoms. The minimum absolute atomic E-state index is 0.111. The second kappa shape index (κ2) is 12.6. The Morgan fingerprint density at radius 2 is 1.87 bits per heavy atom. The van der Waals surface area contributed by atoms with Crippen molar-refractivity contribution in [3.05, 3.63) is 54.1 Å². The van der Waals surface area contributed by atoms with Crippen molar-refractivity contribution in [3.8, 4) is 17.2 Å². The summed E-state index contributed by atoms with van der Waals surface area (Å²) < 4.78 is 16.9. The molecule has 2 atom stereocenters. The van der Waals surface area contributed by atoms with E-state index in [2.05, 4.69) is 15.6 Å². The van der Waals surface area contributed by atoms with E-state index in [1.54, 1.807) is 7.11 Å². The number of para-hydroxylation sites is 2. The van der Waals surface area contributed by atoms with Crippen molar-refractivity contribution in [2.45, 2.75) is 33.0 Å². The van der Waals surface area contributed by atoms with Gasteiger partial charge in [0, 0.05) is 6.54 Å². The first-order chi connectivity index (χ1) is 14.5. The molecule has 3 N–H and O–H groups in total. The number of aliphatic hydroxyl groups is 1. The van der Waals surface area contributed by atoms with E-state index in [1.165, 1.54) is 0 Å². The van der Waals surface area contributed by atoms with Crippen LogP contribution in [0.15, 0.2) is 53.5 Å². The van der Waals surface area contributed by atoms with E-state index in [0.29, 0.717) is 30.5 Å². The fourth-order valence-electron chi connectivity index (χ4n) is 2.70. The molecule has 0 fully saturated rings. The Labute approximate surface area is 179 Å². The highest BCUT2D eigenvalue weighted by Crippen LogP contribution is 2.26. The number of ether oxygens (including phenoxy) is 3. The van der Waals surface area contributed by atoms with Gasteiger partial charge in [0.2, 0.25) is 0 Å². The van der Waals surface area contributed by atoms with E-state index in [9.17, 15) is 5.11 Å². The summed E-state index contributed by atoms with van der Waals surface area (Å²) in [5, 5.41) is 16.6. The number of guanidine groups is 1. The van der Waals surface area contributed by atoms with Gasteiger partial charge in [-0.15, -0.1) is 0 Å². The van der Waals surface area contributed by atoms with E-state index < -0.39 is 6.10 Å². The van der Waals surface area contributed by atoms with Gasteiger partial charge in [0.05, 0.1) is 20.2 Å². The third-order valence-electron chi connectivity index (χ3n) is 4.19. The van der Waals surface area contributed by atoms with Gasteiger partial charge < -0.3 is 30.0 Å². The van der Waals surface area contributed by atoms with Crippen molar-refractivity contribution < 1.29 is 19.3 Å². The number of nitrogens with zero attached hydrogens (tertiary/aromatic N) is 1. The van der Waals surface area contributed by atoms with Gasteiger partial charge in [-0.3, -0.25) is 4.99 Å². The molecule has 0 saturated carbocycles. The normalized spacial score (nSPS) is 13.3. The maximum Gasteiger partial charge on any atom is 0.191 e. The van der Waals surface area contributed by atoms with Crippen molar-refractivity contribution in [2.24, 2.45) is 4.99 Å². The summed E-state index contributed by atoms with van der Waals surface area (Å²) in [4.78, 5) is 4.44. The van der Waals surface area contributed by atoms with Gasteiger partial charge in [0.25, 0.3) is 0 Å². The third kappa shape index (κ3) is 8.21. The molecule has 0 heterocycles. The van der Waals surface area contributed by atoms with E-state index >= 15 is 0 Å². The number of nitrogens with one attached hydrogen (secondary N) is 2. The first-order valence-electron chi connectivity index (χ1n) is 10.2. The molecule has 7 heteroatoms. The standard InChI is InChI=1S/C23H33N3O4/c1-5-24-23(25-14-18(3)30-22-12-7-6-11-21(22)28-4)26-15-19(27)16-29-20-10-8-9-17(2)13-20/h6-13,18-19,27H,5,14-16H2,1-4H3,(H2,24,25,26). The Hall–Kier alpha value is -2.93. The molecule has 164 valence electrons. The summed E-state index contributed by atoms with van der Waals surface area (Å²) in [6.45, 7) is 7.61. The fourth-order valence-corrected chi connectivity index (χ4v) is 2.70. The molecule has 0 radical (unpaired) electrons. The minimum Gasteiger partial charge on any atom is -0.493 e. The van der Waals surface area contributed by atoms with Crippen LogP contribution in [0.5, 0.6) is 17.2 Å². The number of aliphatic imine (C=N–C) groups is 1. The zero-order valence-electron chi connectivity index (χ0n) is 18.2. The van der Waals surface area contributed by atoms with Crippen LogP contribution in [0.1, 0.15) is 19.4 Å². The number of hydrogen-bond donors (Lipinski definition) is 3. The molecule has 2 aromatic rings.